The molecule has 1 heterocycles. The molecule has 2 amide bonds. The molecule has 5 nitrogen and oxygen atoms in total. The van der Waals surface area contributed by atoms with Gasteiger partial charge in [0.05, 0.1) is 17.8 Å². The summed E-state index contributed by atoms with van der Waals surface area (Å²) < 4.78 is 0. The van der Waals surface area contributed by atoms with Gasteiger partial charge in [0, 0.05) is 6.04 Å². The zero-order valence-corrected chi connectivity index (χ0v) is 16.8. The van der Waals surface area contributed by atoms with E-state index in [0.29, 0.717) is 29.8 Å². The Labute approximate surface area is 172 Å². The van der Waals surface area contributed by atoms with Gasteiger partial charge in [-0.15, -0.1) is 0 Å². The minimum Gasteiger partial charge on any atom is -0.349 e. The fraction of sp³-hybridized carbons (Fsp3) is 0.417. The van der Waals surface area contributed by atoms with Crippen molar-refractivity contribution in [2.24, 2.45) is 5.92 Å². The second-order valence-corrected chi connectivity index (χ2v) is 8.25. The molecule has 0 spiro atoms. The summed E-state index contributed by atoms with van der Waals surface area (Å²) in [7, 11) is 0. The maximum absolute atomic E-state index is 12.6. The van der Waals surface area contributed by atoms with Crippen LogP contribution in [0, 0.1) is 5.92 Å². The Bertz CT molecular complexity index is 840. The van der Waals surface area contributed by atoms with Crippen molar-refractivity contribution in [3.63, 3.8) is 0 Å². The number of anilines is 1. The van der Waals surface area contributed by atoms with Crippen LogP contribution in [0.3, 0.4) is 0 Å². The number of carbonyl (C=O) groups is 2. The minimum atomic E-state index is -0.106. The third-order valence-electron chi connectivity index (χ3n) is 5.80. The molecule has 2 aliphatic rings. The fourth-order valence-electron chi connectivity index (χ4n) is 3.97. The third kappa shape index (κ3) is 5.67. The number of amides is 2. The van der Waals surface area contributed by atoms with Crippen molar-refractivity contribution in [3.05, 3.63) is 65.7 Å². The molecule has 1 saturated carbocycles. The standard InChI is InChI=1S/C24H29N3O2/c28-23(26-22-9-5-4-8-21(22)24(29)25-20-10-11-20)17-27-14-12-19(13-15-27)16-18-6-2-1-3-7-18/h1-9,19-20H,10-17H2,(H,25,29)(H,26,28). The van der Waals surface area contributed by atoms with Gasteiger partial charge in [0.15, 0.2) is 0 Å². The van der Waals surface area contributed by atoms with Crippen LogP contribution in [0.15, 0.2) is 54.6 Å². The van der Waals surface area contributed by atoms with E-state index < -0.39 is 0 Å². The van der Waals surface area contributed by atoms with Crippen LogP contribution in [0.4, 0.5) is 5.69 Å². The monoisotopic (exact) mass is 391 g/mol. The highest BCUT2D eigenvalue weighted by Crippen LogP contribution is 2.23. The molecule has 1 aliphatic heterocycles. The van der Waals surface area contributed by atoms with Gasteiger partial charge >= 0.3 is 0 Å². The molecule has 2 aromatic carbocycles. The second-order valence-electron chi connectivity index (χ2n) is 8.25. The Kier molecular flexibility index (Phi) is 6.25. The maximum atomic E-state index is 12.6. The lowest BCUT2D eigenvalue weighted by atomic mass is 9.90. The molecular formula is C24H29N3O2. The topological polar surface area (TPSA) is 61.4 Å². The van der Waals surface area contributed by atoms with E-state index in [-0.39, 0.29) is 11.8 Å². The molecule has 2 fully saturated rings. The molecule has 29 heavy (non-hydrogen) atoms. The molecule has 1 aliphatic carbocycles. The minimum absolute atomic E-state index is 0.0572. The van der Waals surface area contributed by atoms with E-state index in [0.717, 1.165) is 45.2 Å². The van der Waals surface area contributed by atoms with Crippen molar-refractivity contribution < 1.29 is 9.59 Å². The molecule has 152 valence electrons. The van der Waals surface area contributed by atoms with Crippen LogP contribution in [0.5, 0.6) is 0 Å². The van der Waals surface area contributed by atoms with Gasteiger partial charge in [0.25, 0.3) is 5.91 Å². The van der Waals surface area contributed by atoms with Crippen molar-refractivity contribution in [3.8, 4) is 0 Å². The quantitative estimate of drug-likeness (QED) is 0.760. The van der Waals surface area contributed by atoms with Gasteiger partial charge in [-0.1, -0.05) is 42.5 Å². The molecule has 1 saturated heterocycles. The SMILES string of the molecule is O=C(CN1CCC(Cc2ccccc2)CC1)Nc1ccccc1C(=O)NC1CC1. The van der Waals surface area contributed by atoms with Crippen molar-refractivity contribution in [1.82, 2.24) is 10.2 Å². The average Bonchev–Trinajstić information content (AvgIpc) is 3.54. The zero-order chi connectivity index (χ0) is 20.1. The number of para-hydroxylation sites is 1. The van der Waals surface area contributed by atoms with E-state index in [9.17, 15) is 9.59 Å². The van der Waals surface area contributed by atoms with E-state index in [1.54, 1.807) is 12.1 Å². The highest BCUT2D eigenvalue weighted by Gasteiger charge is 2.25. The number of rotatable bonds is 7. The smallest absolute Gasteiger partial charge is 0.253 e. The van der Waals surface area contributed by atoms with Gasteiger partial charge in [-0.05, 0) is 68.8 Å². The summed E-state index contributed by atoms with van der Waals surface area (Å²) in [6.07, 6.45) is 5.43. The normalized spacial score (nSPS) is 17.7. The van der Waals surface area contributed by atoms with Crippen LogP contribution in [-0.2, 0) is 11.2 Å². The average molecular weight is 392 g/mol. The highest BCUT2D eigenvalue weighted by molar-refractivity contribution is 6.04. The van der Waals surface area contributed by atoms with Crippen LogP contribution >= 0.6 is 0 Å². The van der Waals surface area contributed by atoms with Crippen molar-refractivity contribution >= 4 is 17.5 Å². The van der Waals surface area contributed by atoms with Crippen molar-refractivity contribution in [2.75, 3.05) is 25.0 Å². The lowest BCUT2D eigenvalue weighted by molar-refractivity contribution is -0.117. The molecule has 0 radical (unpaired) electrons. The van der Waals surface area contributed by atoms with E-state index in [2.05, 4.69) is 45.9 Å². The van der Waals surface area contributed by atoms with E-state index in [4.69, 9.17) is 0 Å². The molecule has 4 rings (SSSR count). The van der Waals surface area contributed by atoms with Crippen molar-refractivity contribution in [2.45, 2.75) is 38.1 Å². The number of hydrogen-bond acceptors (Lipinski definition) is 3. The third-order valence-corrected chi connectivity index (χ3v) is 5.80. The molecule has 2 aromatic rings. The lowest BCUT2D eigenvalue weighted by Gasteiger charge is -2.31. The van der Waals surface area contributed by atoms with Gasteiger partial charge in [-0.2, -0.15) is 0 Å². The first-order chi connectivity index (χ1) is 14.2. The summed E-state index contributed by atoms with van der Waals surface area (Å²) in [5.41, 5.74) is 2.52. The van der Waals surface area contributed by atoms with E-state index in [1.807, 2.05) is 12.1 Å². The Balaban J connectivity index is 1.26. The summed E-state index contributed by atoms with van der Waals surface area (Å²) in [6, 6.07) is 18.2. The summed E-state index contributed by atoms with van der Waals surface area (Å²) in [6.45, 7) is 2.25. The predicted molar refractivity (Wildman–Crippen MR) is 115 cm³/mol. The van der Waals surface area contributed by atoms with Gasteiger partial charge in [-0.25, -0.2) is 0 Å². The van der Waals surface area contributed by atoms with Crippen molar-refractivity contribution in [1.29, 1.82) is 0 Å². The number of benzene rings is 2. The lowest BCUT2D eigenvalue weighted by Crippen LogP contribution is -2.39. The number of carbonyl (C=O) groups excluding carboxylic acids is 2. The number of nitrogens with zero attached hydrogens (tertiary/aromatic N) is 1. The van der Waals surface area contributed by atoms with Gasteiger partial charge in [0.1, 0.15) is 0 Å². The second kappa shape index (κ2) is 9.23. The number of nitrogens with one attached hydrogen (secondary N) is 2. The van der Waals surface area contributed by atoms with E-state index in [1.165, 1.54) is 5.56 Å². The first kappa shape index (κ1) is 19.6. The summed E-state index contributed by atoms with van der Waals surface area (Å²) >= 11 is 0. The maximum Gasteiger partial charge on any atom is 0.253 e. The molecule has 0 atom stereocenters. The zero-order valence-electron chi connectivity index (χ0n) is 16.8. The Morgan fingerprint density at radius 1 is 0.897 bits per heavy atom. The molecule has 2 N–H and O–H groups in total. The Morgan fingerprint density at radius 3 is 2.31 bits per heavy atom. The van der Waals surface area contributed by atoms with Gasteiger partial charge in [-0.3, -0.25) is 14.5 Å². The number of hydrogen-bond donors (Lipinski definition) is 2. The first-order valence-electron chi connectivity index (χ1n) is 10.6. The molecular weight excluding hydrogens is 362 g/mol. The van der Waals surface area contributed by atoms with Crippen LogP contribution in [-0.4, -0.2) is 42.4 Å². The first-order valence-corrected chi connectivity index (χ1v) is 10.6. The Hall–Kier alpha value is -2.66. The largest absolute Gasteiger partial charge is 0.349 e. The number of likely N-dealkylation sites (tertiary alicyclic amines) is 1. The van der Waals surface area contributed by atoms with Crippen LogP contribution in [0.1, 0.15) is 41.6 Å². The van der Waals surface area contributed by atoms with Crippen LogP contribution < -0.4 is 10.6 Å². The molecule has 5 heteroatoms. The predicted octanol–water partition coefficient (Wildman–Crippen LogP) is 3.47. The summed E-state index contributed by atoms with van der Waals surface area (Å²) in [5, 5.41) is 5.93. The Morgan fingerprint density at radius 2 is 1.59 bits per heavy atom. The number of piperidine rings is 1. The molecule has 0 bridgehead atoms. The highest BCUT2D eigenvalue weighted by atomic mass is 16.2. The van der Waals surface area contributed by atoms with Gasteiger partial charge < -0.3 is 10.6 Å². The van der Waals surface area contributed by atoms with Crippen LogP contribution in [0.25, 0.3) is 0 Å². The fourth-order valence-corrected chi connectivity index (χ4v) is 3.97. The summed E-state index contributed by atoms with van der Waals surface area (Å²) in [5.74, 6) is 0.520. The summed E-state index contributed by atoms with van der Waals surface area (Å²) in [4.78, 5) is 27.2. The van der Waals surface area contributed by atoms with Crippen LogP contribution in [0.2, 0.25) is 0 Å². The van der Waals surface area contributed by atoms with Gasteiger partial charge in [0.2, 0.25) is 5.91 Å². The molecule has 0 aromatic heterocycles. The molecule has 0 unspecified atom stereocenters. The van der Waals surface area contributed by atoms with E-state index >= 15 is 0 Å².